The summed E-state index contributed by atoms with van der Waals surface area (Å²) in [6.07, 6.45) is 3.37. The van der Waals surface area contributed by atoms with E-state index in [1.54, 1.807) is 11.3 Å². The zero-order valence-electron chi connectivity index (χ0n) is 9.07. The summed E-state index contributed by atoms with van der Waals surface area (Å²) in [5.74, 6) is 1.17. The van der Waals surface area contributed by atoms with Crippen molar-refractivity contribution in [1.29, 1.82) is 0 Å². The van der Waals surface area contributed by atoms with Crippen molar-refractivity contribution in [2.45, 2.75) is 33.1 Å². The highest BCUT2D eigenvalue weighted by atomic mass is 32.1. The maximum Gasteiger partial charge on any atom is 0.0459 e. The highest BCUT2D eigenvalue weighted by Gasteiger charge is 2.09. The number of aryl methyl sites for hydroxylation is 1. The lowest BCUT2D eigenvalue weighted by molar-refractivity contribution is 0.198. The van der Waals surface area contributed by atoms with Crippen LogP contribution in [-0.4, -0.2) is 11.7 Å². The average molecular weight is 212 g/mol. The van der Waals surface area contributed by atoms with Crippen molar-refractivity contribution in [2.24, 2.45) is 11.8 Å². The van der Waals surface area contributed by atoms with E-state index in [0.29, 0.717) is 18.4 Å². The van der Waals surface area contributed by atoms with Gasteiger partial charge in [0.05, 0.1) is 0 Å². The van der Waals surface area contributed by atoms with Gasteiger partial charge in [0.2, 0.25) is 0 Å². The molecule has 0 aliphatic heterocycles. The number of aliphatic hydroxyl groups excluding tert-OH is 1. The van der Waals surface area contributed by atoms with Crippen LogP contribution in [-0.2, 0) is 6.42 Å². The van der Waals surface area contributed by atoms with Gasteiger partial charge in [-0.1, -0.05) is 13.8 Å². The molecule has 1 aromatic heterocycles. The van der Waals surface area contributed by atoms with Gasteiger partial charge < -0.3 is 5.11 Å². The molecule has 1 N–H and O–H groups in total. The highest BCUT2D eigenvalue weighted by molar-refractivity contribution is 7.07. The lowest BCUT2D eigenvalue weighted by Gasteiger charge is -2.15. The number of rotatable bonds is 6. The van der Waals surface area contributed by atoms with Crippen LogP contribution >= 0.6 is 11.3 Å². The number of hydrogen-bond donors (Lipinski definition) is 1. The minimum absolute atomic E-state index is 0.336. The van der Waals surface area contributed by atoms with Crippen LogP contribution in [0.4, 0.5) is 0 Å². The van der Waals surface area contributed by atoms with E-state index in [1.807, 2.05) is 0 Å². The van der Waals surface area contributed by atoms with E-state index < -0.39 is 0 Å². The van der Waals surface area contributed by atoms with E-state index in [-0.39, 0.29) is 0 Å². The molecule has 0 aliphatic carbocycles. The van der Waals surface area contributed by atoms with Crippen LogP contribution in [0, 0.1) is 11.8 Å². The van der Waals surface area contributed by atoms with E-state index in [1.165, 1.54) is 5.56 Å². The molecule has 1 heterocycles. The Hall–Kier alpha value is -0.340. The molecule has 1 rings (SSSR count). The Morgan fingerprint density at radius 1 is 1.43 bits per heavy atom. The van der Waals surface area contributed by atoms with Crippen LogP contribution in [0.2, 0.25) is 0 Å². The van der Waals surface area contributed by atoms with Gasteiger partial charge in [0.1, 0.15) is 0 Å². The summed E-state index contributed by atoms with van der Waals surface area (Å²) in [5.41, 5.74) is 1.41. The molecule has 0 saturated heterocycles. The van der Waals surface area contributed by atoms with Crippen LogP contribution in [0.5, 0.6) is 0 Å². The van der Waals surface area contributed by atoms with Crippen LogP contribution in [0.3, 0.4) is 0 Å². The summed E-state index contributed by atoms with van der Waals surface area (Å²) in [7, 11) is 0. The summed E-state index contributed by atoms with van der Waals surface area (Å²) in [4.78, 5) is 0. The van der Waals surface area contributed by atoms with Crippen molar-refractivity contribution in [2.75, 3.05) is 6.61 Å². The molecule has 0 aliphatic rings. The maximum atomic E-state index is 9.21. The summed E-state index contributed by atoms with van der Waals surface area (Å²) >= 11 is 1.75. The van der Waals surface area contributed by atoms with Crippen LogP contribution in [0.25, 0.3) is 0 Å². The second kappa shape index (κ2) is 6.20. The van der Waals surface area contributed by atoms with Crippen LogP contribution in [0.1, 0.15) is 32.3 Å². The fourth-order valence-corrected chi connectivity index (χ4v) is 2.46. The standard InChI is InChI=1S/C12H20OS/c1-10(2)7-12(8-13)4-3-11-5-6-14-9-11/h5-6,9-10,12-13H,3-4,7-8H2,1-2H3. The third-order valence-corrected chi connectivity index (χ3v) is 3.22. The Bertz CT molecular complexity index is 228. The predicted molar refractivity (Wildman–Crippen MR) is 62.7 cm³/mol. The predicted octanol–water partition coefficient (Wildman–Crippen LogP) is 3.34. The molecule has 0 aromatic carbocycles. The molecule has 1 unspecified atom stereocenters. The zero-order chi connectivity index (χ0) is 10.4. The Morgan fingerprint density at radius 3 is 2.71 bits per heavy atom. The summed E-state index contributed by atoms with van der Waals surface area (Å²) < 4.78 is 0. The molecule has 14 heavy (non-hydrogen) atoms. The monoisotopic (exact) mass is 212 g/mol. The number of aliphatic hydroxyl groups is 1. The molecule has 1 atom stereocenters. The molecule has 2 heteroatoms. The zero-order valence-corrected chi connectivity index (χ0v) is 9.89. The molecule has 0 amide bonds. The second-order valence-electron chi connectivity index (χ2n) is 4.35. The van der Waals surface area contributed by atoms with Crippen molar-refractivity contribution >= 4 is 11.3 Å². The van der Waals surface area contributed by atoms with Gasteiger partial charge in [0.15, 0.2) is 0 Å². The van der Waals surface area contributed by atoms with Crippen LogP contribution in [0.15, 0.2) is 16.8 Å². The molecule has 0 fully saturated rings. The minimum atomic E-state index is 0.336. The summed E-state index contributed by atoms with van der Waals surface area (Å²) in [6, 6.07) is 2.18. The smallest absolute Gasteiger partial charge is 0.0459 e. The van der Waals surface area contributed by atoms with Gasteiger partial charge in [-0.05, 0) is 53.5 Å². The second-order valence-corrected chi connectivity index (χ2v) is 5.13. The summed E-state index contributed by atoms with van der Waals surface area (Å²) in [5, 5.41) is 13.5. The van der Waals surface area contributed by atoms with Crippen molar-refractivity contribution in [3.05, 3.63) is 22.4 Å². The first-order valence-electron chi connectivity index (χ1n) is 5.34. The topological polar surface area (TPSA) is 20.2 Å². The van der Waals surface area contributed by atoms with E-state index in [9.17, 15) is 5.11 Å². The van der Waals surface area contributed by atoms with Crippen molar-refractivity contribution < 1.29 is 5.11 Å². The van der Waals surface area contributed by atoms with E-state index in [0.717, 1.165) is 19.3 Å². The molecular formula is C12H20OS. The largest absolute Gasteiger partial charge is 0.396 e. The van der Waals surface area contributed by atoms with Crippen LogP contribution < -0.4 is 0 Å². The van der Waals surface area contributed by atoms with E-state index >= 15 is 0 Å². The number of thiophene rings is 1. The Labute approximate surface area is 90.8 Å². The Morgan fingerprint density at radius 2 is 2.21 bits per heavy atom. The van der Waals surface area contributed by atoms with Gasteiger partial charge >= 0.3 is 0 Å². The quantitative estimate of drug-likeness (QED) is 0.767. The first-order valence-corrected chi connectivity index (χ1v) is 6.28. The van der Waals surface area contributed by atoms with Gasteiger partial charge in [-0.15, -0.1) is 0 Å². The molecule has 0 radical (unpaired) electrons. The molecule has 1 nitrogen and oxygen atoms in total. The first kappa shape index (κ1) is 11.7. The van der Waals surface area contributed by atoms with E-state index in [2.05, 4.69) is 30.7 Å². The molecule has 0 spiro atoms. The fourth-order valence-electron chi connectivity index (χ4n) is 1.76. The first-order chi connectivity index (χ1) is 6.72. The lowest BCUT2D eigenvalue weighted by Crippen LogP contribution is -2.10. The Kier molecular flexibility index (Phi) is 5.20. The van der Waals surface area contributed by atoms with Crippen molar-refractivity contribution in [3.63, 3.8) is 0 Å². The van der Waals surface area contributed by atoms with Gasteiger partial charge in [0, 0.05) is 6.61 Å². The minimum Gasteiger partial charge on any atom is -0.396 e. The van der Waals surface area contributed by atoms with Crippen molar-refractivity contribution in [3.8, 4) is 0 Å². The van der Waals surface area contributed by atoms with Gasteiger partial charge in [-0.3, -0.25) is 0 Å². The molecule has 0 saturated carbocycles. The normalized spacial score (nSPS) is 13.4. The molecular weight excluding hydrogens is 192 g/mol. The third-order valence-electron chi connectivity index (χ3n) is 2.48. The average Bonchev–Trinajstić information content (AvgIpc) is 2.64. The highest BCUT2D eigenvalue weighted by Crippen LogP contribution is 2.18. The maximum absolute atomic E-state index is 9.21. The van der Waals surface area contributed by atoms with Gasteiger partial charge in [0.25, 0.3) is 0 Å². The van der Waals surface area contributed by atoms with Gasteiger partial charge in [-0.25, -0.2) is 0 Å². The SMILES string of the molecule is CC(C)CC(CO)CCc1ccsc1. The fraction of sp³-hybridized carbons (Fsp3) is 0.667. The molecule has 80 valence electrons. The lowest BCUT2D eigenvalue weighted by atomic mass is 9.92. The van der Waals surface area contributed by atoms with E-state index in [4.69, 9.17) is 0 Å². The number of hydrogen-bond acceptors (Lipinski definition) is 2. The van der Waals surface area contributed by atoms with Gasteiger partial charge in [-0.2, -0.15) is 11.3 Å². The Balaban J connectivity index is 2.27. The molecule has 1 aromatic rings. The molecule has 0 bridgehead atoms. The summed E-state index contributed by atoms with van der Waals surface area (Å²) in [6.45, 7) is 4.77. The third kappa shape index (κ3) is 4.25. The van der Waals surface area contributed by atoms with Crippen molar-refractivity contribution in [1.82, 2.24) is 0 Å².